The third-order valence-corrected chi connectivity index (χ3v) is 11.9. The number of para-hydroxylation sites is 5. The van der Waals surface area contributed by atoms with E-state index in [9.17, 15) is 0 Å². The predicted molar refractivity (Wildman–Crippen MR) is 238 cm³/mol. The van der Waals surface area contributed by atoms with Crippen molar-refractivity contribution >= 4 is 55.2 Å². The largest absolute Gasteiger partial charge is 0.494 e. The number of aromatic nitrogens is 1. The number of hydrogen-bond acceptors (Lipinski definition) is 2. The number of rotatable bonds is 6. The van der Waals surface area contributed by atoms with Crippen molar-refractivity contribution in [3.05, 3.63) is 162 Å². The topological polar surface area (TPSA) is 10.9 Å². The van der Waals surface area contributed by atoms with E-state index in [1.165, 1.54) is 83.0 Å². The van der Waals surface area contributed by atoms with Crippen LogP contribution in [0.2, 0.25) is 0 Å². The van der Waals surface area contributed by atoms with Crippen molar-refractivity contribution in [1.29, 1.82) is 0 Å². The van der Waals surface area contributed by atoms with Gasteiger partial charge in [-0.15, -0.1) is 17.4 Å². The van der Waals surface area contributed by atoms with Gasteiger partial charge in [-0.1, -0.05) is 146 Å². The first-order chi connectivity index (χ1) is 26.4. The van der Waals surface area contributed by atoms with Gasteiger partial charge in [0.25, 0.3) is 0 Å². The Morgan fingerprint density at radius 1 is 0.500 bits per heavy atom. The molecule has 2 aromatic heterocycles. The Morgan fingerprint density at radius 3 is 1.41 bits per heavy atom. The SMILES string of the molecule is CC(C)c1cccc(C(C)C)c1N1[CH-]N(c2c(C(C)C)cccc2C(C)C)C(C)(C)c2ccccc21.[Au].[c-]1cc2c3ccccc3n3c4ccccc4c(c1)c23. The maximum atomic E-state index is 3.29. The fourth-order valence-corrected chi connectivity index (χ4v) is 9.05. The smallest absolute Gasteiger partial charge is 0.0395 e. The average Bonchev–Trinajstić information content (AvgIpc) is 3.70. The average molecular weight is 919 g/mol. The molecule has 291 valence electrons. The van der Waals surface area contributed by atoms with E-state index in [1.54, 1.807) is 0 Å². The van der Waals surface area contributed by atoms with Crippen molar-refractivity contribution < 1.29 is 22.4 Å². The summed E-state index contributed by atoms with van der Waals surface area (Å²) in [6.07, 6.45) is 0. The normalized spacial score (nSPS) is 14.0. The van der Waals surface area contributed by atoms with Gasteiger partial charge in [-0.25, -0.2) is 0 Å². The van der Waals surface area contributed by atoms with Gasteiger partial charge in [0.15, 0.2) is 0 Å². The summed E-state index contributed by atoms with van der Waals surface area (Å²) in [5, 5.41) is 5.21. The molecule has 8 aromatic rings. The first kappa shape index (κ1) is 39.7. The molecule has 0 unspecified atom stereocenters. The second-order valence-electron chi connectivity index (χ2n) is 17.1. The van der Waals surface area contributed by atoms with E-state index < -0.39 is 0 Å². The van der Waals surface area contributed by atoms with Crippen LogP contribution in [0, 0.1) is 12.7 Å². The van der Waals surface area contributed by atoms with Crippen LogP contribution in [-0.4, -0.2) is 4.40 Å². The Balaban J connectivity index is 0.000000199. The molecular formula is C52H55AuN3-2. The summed E-state index contributed by atoms with van der Waals surface area (Å²) < 4.78 is 2.38. The fraction of sp³-hybridized carbons (Fsp3) is 0.288. The quantitative estimate of drug-likeness (QED) is 0.122. The zero-order chi connectivity index (χ0) is 38.8. The van der Waals surface area contributed by atoms with Crippen LogP contribution in [0.3, 0.4) is 0 Å². The van der Waals surface area contributed by atoms with Crippen LogP contribution in [0.1, 0.15) is 121 Å². The van der Waals surface area contributed by atoms with E-state index in [2.05, 4.69) is 218 Å². The molecule has 9 rings (SSSR count). The molecule has 1 radical (unpaired) electrons. The van der Waals surface area contributed by atoms with Crippen LogP contribution in [0.4, 0.5) is 17.1 Å². The number of anilines is 3. The Bertz CT molecular complexity index is 2510. The van der Waals surface area contributed by atoms with Gasteiger partial charge in [0.05, 0.1) is 0 Å². The first-order valence-corrected chi connectivity index (χ1v) is 20.2. The summed E-state index contributed by atoms with van der Waals surface area (Å²) in [6, 6.07) is 47.4. The maximum absolute atomic E-state index is 3.29. The third kappa shape index (κ3) is 6.42. The standard InChI is InChI=1S/C34H45N2.C18H10N.Au/c1-22(2)26-15-13-16-27(23(3)4)32(26)35-21-36(34(9,10)30-19-11-12-20-31(30)35)33-28(24(5)6)17-14-18-29(33)25(7)8;1-3-10-16-12(6-1)14-8-5-9-15-13-7-2-4-11-17(13)19(16)18(14)15;/h11-25H,1-10H3;1-4,6-11H;/q2*-1;. The van der Waals surface area contributed by atoms with Crippen molar-refractivity contribution in [3.8, 4) is 0 Å². The van der Waals surface area contributed by atoms with Gasteiger partial charge < -0.3 is 14.2 Å². The summed E-state index contributed by atoms with van der Waals surface area (Å²) in [4.78, 5) is 5.06. The summed E-state index contributed by atoms with van der Waals surface area (Å²) >= 11 is 0. The van der Waals surface area contributed by atoms with Crippen LogP contribution in [0.25, 0.3) is 38.1 Å². The van der Waals surface area contributed by atoms with Gasteiger partial charge in [-0.3, -0.25) is 0 Å². The molecule has 0 bridgehead atoms. The molecule has 56 heavy (non-hydrogen) atoms. The molecule has 0 atom stereocenters. The molecule has 0 amide bonds. The Morgan fingerprint density at radius 2 is 0.929 bits per heavy atom. The minimum absolute atomic E-state index is 0. The zero-order valence-electron chi connectivity index (χ0n) is 34.6. The molecule has 4 heteroatoms. The van der Waals surface area contributed by atoms with E-state index >= 15 is 0 Å². The Kier molecular flexibility index (Phi) is 10.9. The van der Waals surface area contributed by atoms with Gasteiger partial charge in [0.2, 0.25) is 0 Å². The van der Waals surface area contributed by atoms with Crippen molar-refractivity contribution in [2.45, 2.75) is 98.4 Å². The van der Waals surface area contributed by atoms with Gasteiger partial charge in [-0.2, -0.15) is 18.2 Å². The van der Waals surface area contributed by atoms with E-state index in [0.717, 1.165) is 0 Å². The molecule has 3 nitrogen and oxygen atoms in total. The van der Waals surface area contributed by atoms with E-state index in [0.29, 0.717) is 23.7 Å². The molecule has 0 aliphatic carbocycles. The van der Waals surface area contributed by atoms with Crippen molar-refractivity contribution in [2.24, 2.45) is 0 Å². The minimum atomic E-state index is -0.202. The molecule has 0 N–H and O–H groups in total. The molecular weight excluding hydrogens is 864 g/mol. The summed E-state index contributed by atoms with van der Waals surface area (Å²) in [5.41, 5.74) is 14.6. The van der Waals surface area contributed by atoms with Crippen molar-refractivity contribution in [1.82, 2.24) is 4.40 Å². The first-order valence-electron chi connectivity index (χ1n) is 20.2. The number of benzene rings is 6. The molecule has 6 aromatic carbocycles. The predicted octanol–water partition coefficient (Wildman–Crippen LogP) is 14.8. The number of nitrogens with zero attached hydrogens (tertiary/aromatic N) is 3. The van der Waals surface area contributed by atoms with Crippen LogP contribution in [0.5, 0.6) is 0 Å². The second kappa shape index (κ2) is 15.4. The number of hydrogen-bond donors (Lipinski definition) is 0. The molecule has 1 aliphatic rings. The zero-order valence-corrected chi connectivity index (χ0v) is 36.7. The second-order valence-corrected chi connectivity index (χ2v) is 17.1. The monoisotopic (exact) mass is 918 g/mol. The Labute approximate surface area is 350 Å². The van der Waals surface area contributed by atoms with Crippen LogP contribution in [-0.2, 0) is 27.9 Å². The van der Waals surface area contributed by atoms with E-state index in [4.69, 9.17) is 0 Å². The fourth-order valence-electron chi connectivity index (χ4n) is 9.05. The third-order valence-electron chi connectivity index (χ3n) is 11.9. The Hall–Kier alpha value is -4.54. The van der Waals surface area contributed by atoms with Gasteiger partial charge in [-0.05, 0) is 99.8 Å². The molecule has 0 fully saturated rings. The van der Waals surface area contributed by atoms with E-state index in [1.807, 2.05) is 0 Å². The molecule has 1 aliphatic heterocycles. The summed E-state index contributed by atoms with van der Waals surface area (Å²) in [7, 11) is 0. The van der Waals surface area contributed by atoms with Crippen molar-refractivity contribution in [2.75, 3.05) is 9.80 Å². The van der Waals surface area contributed by atoms with Gasteiger partial charge in [0, 0.05) is 56.0 Å². The van der Waals surface area contributed by atoms with Gasteiger partial charge >= 0.3 is 0 Å². The molecule has 0 saturated carbocycles. The van der Waals surface area contributed by atoms with Crippen molar-refractivity contribution in [3.63, 3.8) is 0 Å². The van der Waals surface area contributed by atoms with Crippen LogP contribution < -0.4 is 9.80 Å². The minimum Gasteiger partial charge on any atom is -0.494 e. The van der Waals surface area contributed by atoms with Crippen LogP contribution >= 0.6 is 0 Å². The summed E-state index contributed by atoms with van der Waals surface area (Å²) in [6.45, 7) is 25.7. The molecule has 0 spiro atoms. The number of fused-ring (bicyclic) bond motifs is 7. The summed E-state index contributed by atoms with van der Waals surface area (Å²) in [5.74, 6) is 1.72. The van der Waals surface area contributed by atoms with Gasteiger partial charge in [0.1, 0.15) is 0 Å². The van der Waals surface area contributed by atoms with Crippen LogP contribution in [0.15, 0.2) is 121 Å². The molecule has 3 heterocycles. The molecule has 0 saturated heterocycles. The maximum Gasteiger partial charge on any atom is 0.0395 e. The van der Waals surface area contributed by atoms with E-state index in [-0.39, 0.29) is 27.9 Å².